The Morgan fingerprint density at radius 1 is 1.07 bits per heavy atom. The Morgan fingerprint density at radius 2 is 1.79 bits per heavy atom. The van der Waals surface area contributed by atoms with E-state index in [0.717, 1.165) is 16.7 Å². The van der Waals surface area contributed by atoms with Crippen molar-refractivity contribution in [1.82, 2.24) is 5.32 Å². The van der Waals surface area contributed by atoms with Gasteiger partial charge in [0.1, 0.15) is 5.82 Å². The van der Waals surface area contributed by atoms with Crippen LogP contribution in [0.25, 0.3) is 11.1 Å². The van der Waals surface area contributed by atoms with E-state index in [4.69, 9.17) is 10.00 Å². The van der Waals surface area contributed by atoms with Gasteiger partial charge >= 0.3 is 0 Å². The highest BCUT2D eigenvalue weighted by molar-refractivity contribution is 5.82. The minimum absolute atomic E-state index is 0.180. The van der Waals surface area contributed by atoms with E-state index < -0.39 is 17.8 Å². The number of benzene rings is 3. The van der Waals surface area contributed by atoms with Crippen LogP contribution in [0.5, 0.6) is 0 Å². The molecule has 140 valence electrons. The first-order valence-electron chi connectivity index (χ1n) is 8.77. The SMILES string of the molecule is CO[C@H](C(=O)NCc1ccc(C#N)cc1)c1ccc(-c2ccccc2)cc1F. The van der Waals surface area contributed by atoms with E-state index in [9.17, 15) is 9.18 Å². The van der Waals surface area contributed by atoms with Crippen molar-refractivity contribution in [2.24, 2.45) is 0 Å². The first kappa shape index (κ1) is 19.3. The van der Waals surface area contributed by atoms with Crippen LogP contribution in [0.15, 0.2) is 72.8 Å². The van der Waals surface area contributed by atoms with Crippen LogP contribution < -0.4 is 5.32 Å². The number of carbonyl (C=O) groups is 1. The average Bonchev–Trinajstić information content (AvgIpc) is 2.74. The molecule has 3 aromatic rings. The molecular formula is C23H19FN2O2. The summed E-state index contributed by atoms with van der Waals surface area (Å²) in [5, 5.41) is 11.6. The number of nitrogens with one attached hydrogen (secondary N) is 1. The van der Waals surface area contributed by atoms with E-state index >= 15 is 0 Å². The third-order valence-corrected chi connectivity index (χ3v) is 4.41. The second-order valence-corrected chi connectivity index (χ2v) is 6.24. The zero-order valence-corrected chi connectivity index (χ0v) is 15.4. The maximum Gasteiger partial charge on any atom is 0.254 e. The summed E-state index contributed by atoms with van der Waals surface area (Å²) >= 11 is 0. The van der Waals surface area contributed by atoms with Crippen molar-refractivity contribution >= 4 is 5.91 Å². The summed E-state index contributed by atoms with van der Waals surface area (Å²) < 4.78 is 19.9. The van der Waals surface area contributed by atoms with Crippen LogP contribution >= 0.6 is 0 Å². The highest BCUT2D eigenvalue weighted by atomic mass is 19.1. The molecule has 3 rings (SSSR count). The monoisotopic (exact) mass is 374 g/mol. The van der Waals surface area contributed by atoms with E-state index in [1.165, 1.54) is 13.2 Å². The van der Waals surface area contributed by atoms with Gasteiger partial charge in [0.25, 0.3) is 5.91 Å². The first-order chi connectivity index (χ1) is 13.6. The Labute approximate surface area is 163 Å². The maximum absolute atomic E-state index is 14.7. The summed E-state index contributed by atoms with van der Waals surface area (Å²) in [6.45, 7) is 0.258. The fraction of sp³-hybridized carbons (Fsp3) is 0.130. The molecule has 4 nitrogen and oxygen atoms in total. The average molecular weight is 374 g/mol. The molecule has 1 amide bonds. The summed E-state index contributed by atoms with van der Waals surface area (Å²) in [5.41, 5.74) is 3.19. The van der Waals surface area contributed by atoms with Gasteiger partial charge in [0, 0.05) is 19.2 Å². The van der Waals surface area contributed by atoms with Gasteiger partial charge in [-0.15, -0.1) is 0 Å². The molecule has 0 radical (unpaired) electrons. The van der Waals surface area contributed by atoms with E-state index in [1.54, 1.807) is 36.4 Å². The van der Waals surface area contributed by atoms with Crippen molar-refractivity contribution in [2.75, 3.05) is 7.11 Å². The fourth-order valence-electron chi connectivity index (χ4n) is 2.90. The molecule has 0 spiro atoms. The summed E-state index contributed by atoms with van der Waals surface area (Å²) in [5.74, 6) is -0.931. The van der Waals surface area contributed by atoms with Crippen LogP contribution in [0.2, 0.25) is 0 Å². The number of carbonyl (C=O) groups excluding carboxylic acids is 1. The second-order valence-electron chi connectivity index (χ2n) is 6.24. The molecule has 0 heterocycles. The lowest BCUT2D eigenvalue weighted by molar-refractivity contribution is -0.131. The number of hydrogen-bond acceptors (Lipinski definition) is 3. The van der Waals surface area contributed by atoms with Gasteiger partial charge in [-0.1, -0.05) is 54.6 Å². The lowest BCUT2D eigenvalue weighted by atomic mass is 10.0. The van der Waals surface area contributed by atoms with E-state index in [1.807, 2.05) is 36.4 Å². The minimum atomic E-state index is -1.05. The summed E-state index contributed by atoms with van der Waals surface area (Å²) in [7, 11) is 1.37. The summed E-state index contributed by atoms with van der Waals surface area (Å²) in [4.78, 5) is 12.5. The number of halogens is 1. The van der Waals surface area contributed by atoms with Crippen LogP contribution in [-0.2, 0) is 16.1 Å². The lowest BCUT2D eigenvalue weighted by Crippen LogP contribution is -2.30. The van der Waals surface area contributed by atoms with Gasteiger partial charge in [-0.05, 0) is 34.9 Å². The molecule has 0 fully saturated rings. The highest BCUT2D eigenvalue weighted by Crippen LogP contribution is 2.26. The zero-order chi connectivity index (χ0) is 19.9. The van der Waals surface area contributed by atoms with E-state index in [0.29, 0.717) is 5.56 Å². The maximum atomic E-state index is 14.7. The van der Waals surface area contributed by atoms with Crippen LogP contribution in [0.1, 0.15) is 22.8 Å². The van der Waals surface area contributed by atoms with Crippen molar-refractivity contribution in [3.05, 3.63) is 95.3 Å². The molecule has 1 atom stereocenters. The van der Waals surface area contributed by atoms with E-state index in [-0.39, 0.29) is 12.1 Å². The Balaban J connectivity index is 1.73. The molecule has 0 aliphatic carbocycles. The van der Waals surface area contributed by atoms with Gasteiger partial charge in [-0.2, -0.15) is 5.26 Å². The lowest BCUT2D eigenvalue weighted by Gasteiger charge is -2.17. The van der Waals surface area contributed by atoms with Gasteiger partial charge < -0.3 is 10.1 Å². The molecule has 1 N–H and O–H groups in total. The van der Waals surface area contributed by atoms with E-state index in [2.05, 4.69) is 5.32 Å². The van der Waals surface area contributed by atoms with Crippen molar-refractivity contribution in [2.45, 2.75) is 12.6 Å². The van der Waals surface area contributed by atoms with Crippen LogP contribution in [0.3, 0.4) is 0 Å². The number of hydrogen-bond donors (Lipinski definition) is 1. The Morgan fingerprint density at radius 3 is 2.39 bits per heavy atom. The smallest absolute Gasteiger partial charge is 0.254 e. The number of rotatable bonds is 6. The topological polar surface area (TPSA) is 62.1 Å². The molecule has 0 saturated heterocycles. The van der Waals surface area contributed by atoms with Crippen LogP contribution in [0.4, 0.5) is 4.39 Å². The summed E-state index contributed by atoms with van der Waals surface area (Å²) in [6.07, 6.45) is -1.05. The molecule has 0 bridgehead atoms. The fourth-order valence-corrected chi connectivity index (χ4v) is 2.90. The normalized spacial score (nSPS) is 11.5. The minimum Gasteiger partial charge on any atom is -0.367 e. The first-order valence-corrected chi connectivity index (χ1v) is 8.77. The molecule has 0 aliphatic heterocycles. The Bertz CT molecular complexity index is 995. The van der Waals surface area contributed by atoms with Crippen LogP contribution in [-0.4, -0.2) is 13.0 Å². The molecule has 0 aromatic heterocycles. The molecule has 0 unspecified atom stereocenters. The molecule has 0 aliphatic rings. The quantitative estimate of drug-likeness (QED) is 0.697. The zero-order valence-electron chi connectivity index (χ0n) is 15.4. The number of nitrogens with zero attached hydrogens (tertiary/aromatic N) is 1. The van der Waals surface area contributed by atoms with Crippen molar-refractivity contribution in [3.8, 4) is 17.2 Å². The van der Waals surface area contributed by atoms with Gasteiger partial charge in [0.2, 0.25) is 0 Å². The largest absolute Gasteiger partial charge is 0.367 e. The van der Waals surface area contributed by atoms with Gasteiger partial charge in [0.15, 0.2) is 6.10 Å². The predicted octanol–water partition coefficient (Wildman–Crippen LogP) is 4.37. The number of amides is 1. The van der Waals surface area contributed by atoms with Gasteiger partial charge in [-0.3, -0.25) is 4.79 Å². The third kappa shape index (κ3) is 4.43. The molecule has 3 aromatic carbocycles. The molecular weight excluding hydrogens is 355 g/mol. The molecule has 5 heteroatoms. The number of methoxy groups -OCH3 is 1. The molecule has 0 saturated carbocycles. The van der Waals surface area contributed by atoms with Crippen molar-refractivity contribution < 1.29 is 13.9 Å². The van der Waals surface area contributed by atoms with Crippen molar-refractivity contribution in [3.63, 3.8) is 0 Å². The number of nitriles is 1. The van der Waals surface area contributed by atoms with Crippen LogP contribution in [0, 0.1) is 17.1 Å². The predicted molar refractivity (Wildman–Crippen MR) is 105 cm³/mol. The Hall–Kier alpha value is -3.49. The summed E-state index contributed by atoms with van der Waals surface area (Å²) in [6, 6.07) is 23.1. The molecule has 28 heavy (non-hydrogen) atoms. The second kappa shape index (κ2) is 8.94. The highest BCUT2D eigenvalue weighted by Gasteiger charge is 2.23. The standard InChI is InChI=1S/C23H19FN2O2/c1-28-22(23(27)26-15-17-9-7-16(14-25)8-10-17)20-12-11-19(13-21(20)24)18-5-3-2-4-6-18/h2-13,22H,15H2,1H3,(H,26,27)/t22-/m0/s1. The van der Waals surface area contributed by atoms with Crippen molar-refractivity contribution in [1.29, 1.82) is 5.26 Å². The Kier molecular flexibility index (Phi) is 6.15. The third-order valence-electron chi connectivity index (χ3n) is 4.41. The number of ether oxygens (including phenoxy) is 1. The van der Waals surface area contributed by atoms with Gasteiger partial charge in [-0.25, -0.2) is 4.39 Å². The van der Waals surface area contributed by atoms with Gasteiger partial charge in [0.05, 0.1) is 11.6 Å².